The predicted octanol–water partition coefficient (Wildman–Crippen LogP) is 1.36. The van der Waals surface area contributed by atoms with Gasteiger partial charge in [-0.1, -0.05) is 6.07 Å². The monoisotopic (exact) mass is 402 g/mol. The topological polar surface area (TPSA) is 59.1 Å². The van der Waals surface area contributed by atoms with Crippen molar-refractivity contribution in [3.63, 3.8) is 0 Å². The minimum atomic E-state index is -3.31. The van der Waals surface area contributed by atoms with E-state index < -0.39 is 27.3 Å². The van der Waals surface area contributed by atoms with Gasteiger partial charge < -0.3 is 9.47 Å². The minimum absolute atomic E-state index is 0.264. The van der Waals surface area contributed by atoms with E-state index in [2.05, 4.69) is 4.90 Å². The first-order valence-corrected chi connectivity index (χ1v) is 10.8. The van der Waals surface area contributed by atoms with Crippen LogP contribution in [0.25, 0.3) is 0 Å². The van der Waals surface area contributed by atoms with E-state index in [1.807, 2.05) is 0 Å². The fourth-order valence-electron chi connectivity index (χ4n) is 3.80. The third-order valence-corrected chi connectivity index (χ3v) is 7.68. The summed E-state index contributed by atoms with van der Waals surface area (Å²) in [4.78, 5) is 2.08. The molecule has 6 nitrogen and oxygen atoms in total. The Balaban J connectivity index is 1.48. The molecule has 0 amide bonds. The highest BCUT2D eigenvalue weighted by molar-refractivity contribution is 7.90. The lowest BCUT2D eigenvalue weighted by atomic mass is 10.0. The first kappa shape index (κ1) is 19.2. The second kappa shape index (κ2) is 7.36. The van der Waals surface area contributed by atoms with Crippen LogP contribution < -0.4 is 0 Å². The van der Waals surface area contributed by atoms with Gasteiger partial charge in [-0.15, -0.1) is 0 Å². The maximum absolute atomic E-state index is 13.5. The number of benzene rings is 1. The lowest BCUT2D eigenvalue weighted by Gasteiger charge is -2.43. The zero-order valence-electron chi connectivity index (χ0n) is 15.1. The smallest absolute Gasteiger partial charge is 0.217 e. The van der Waals surface area contributed by atoms with E-state index in [0.717, 1.165) is 18.9 Å². The summed E-state index contributed by atoms with van der Waals surface area (Å²) in [5.74, 6) is -1.73. The molecule has 150 valence electrons. The number of hydrogen-bond acceptors (Lipinski definition) is 5. The van der Waals surface area contributed by atoms with Crippen molar-refractivity contribution in [2.75, 3.05) is 46.0 Å². The molecular formula is C18H24F2N2O4S. The van der Waals surface area contributed by atoms with E-state index >= 15 is 0 Å². The van der Waals surface area contributed by atoms with Crippen LogP contribution in [-0.4, -0.2) is 74.5 Å². The number of ether oxygens (including phenoxy) is 2. The molecule has 1 spiro atoms. The van der Waals surface area contributed by atoms with Crippen LogP contribution in [0, 0.1) is 11.6 Å². The fourth-order valence-corrected chi connectivity index (χ4v) is 5.70. The van der Waals surface area contributed by atoms with E-state index in [1.165, 1.54) is 10.4 Å². The van der Waals surface area contributed by atoms with E-state index in [9.17, 15) is 17.2 Å². The summed E-state index contributed by atoms with van der Waals surface area (Å²) in [5, 5.41) is -0.269. The Kier molecular flexibility index (Phi) is 5.24. The lowest BCUT2D eigenvalue weighted by Crippen LogP contribution is -2.59. The zero-order chi connectivity index (χ0) is 19.1. The average molecular weight is 402 g/mol. The van der Waals surface area contributed by atoms with Gasteiger partial charge in [-0.25, -0.2) is 17.2 Å². The molecule has 4 rings (SSSR count). The van der Waals surface area contributed by atoms with Crippen molar-refractivity contribution in [1.82, 2.24) is 9.21 Å². The zero-order valence-corrected chi connectivity index (χ0v) is 15.9. The van der Waals surface area contributed by atoms with E-state index in [-0.39, 0.29) is 11.8 Å². The molecule has 2 heterocycles. The molecule has 1 saturated carbocycles. The summed E-state index contributed by atoms with van der Waals surface area (Å²) in [5.41, 5.74) is -0.0714. The molecule has 3 fully saturated rings. The Bertz CT molecular complexity index is 803. The molecular weight excluding hydrogens is 378 g/mol. The molecule has 1 unspecified atom stereocenters. The third kappa shape index (κ3) is 4.17. The minimum Gasteiger partial charge on any atom is -0.377 e. The standard InChI is InChI=1S/C18H24F2N2O4S/c19-16-4-1-14(9-17(16)20)10-21-5-8-26-18(11-21)12-22(6-7-25-13-18)27(23,24)15-2-3-15/h1,4,9,15H,2-3,5-8,10-13H2. The highest BCUT2D eigenvalue weighted by atomic mass is 32.2. The molecule has 1 atom stereocenters. The molecule has 0 N–H and O–H groups in total. The van der Waals surface area contributed by atoms with Gasteiger partial charge in [-0.05, 0) is 30.5 Å². The maximum Gasteiger partial charge on any atom is 0.217 e. The van der Waals surface area contributed by atoms with E-state index in [4.69, 9.17) is 9.47 Å². The van der Waals surface area contributed by atoms with Crippen molar-refractivity contribution < 1.29 is 26.7 Å². The van der Waals surface area contributed by atoms with Crippen LogP contribution in [0.5, 0.6) is 0 Å². The second-order valence-electron chi connectivity index (χ2n) is 7.62. The third-order valence-electron chi connectivity index (χ3n) is 5.34. The summed E-state index contributed by atoms with van der Waals surface area (Å²) >= 11 is 0. The molecule has 0 bridgehead atoms. The first-order valence-electron chi connectivity index (χ1n) is 9.25. The first-order chi connectivity index (χ1) is 12.9. The van der Waals surface area contributed by atoms with Crippen molar-refractivity contribution in [2.24, 2.45) is 0 Å². The number of hydrogen-bond donors (Lipinski definition) is 0. The summed E-state index contributed by atoms with van der Waals surface area (Å²) in [6.45, 7) is 3.26. The molecule has 1 aromatic carbocycles. The second-order valence-corrected chi connectivity index (χ2v) is 9.83. The van der Waals surface area contributed by atoms with Gasteiger partial charge >= 0.3 is 0 Å². The Morgan fingerprint density at radius 1 is 1.11 bits per heavy atom. The number of morpholine rings is 1. The number of rotatable bonds is 4. The fraction of sp³-hybridized carbons (Fsp3) is 0.667. The van der Waals surface area contributed by atoms with Gasteiger partial charge in [-0.2, -0.15) is 4.31 Å². The van der Waals surface area contributed by atoms with Crippen LogP contribution in [0.2, 0.25) is 0 Å². The average Bonchev–Trinajstić information content (AvgIpc) is 3.47. The Labute approximate surface area is 158 Å². The largest absolute Gasteiger partial charge is 0.377 e. The summed E-state index contributed by atoms with van der Waals surface area (Å²) in [6, 6.07) is 3.89. The van der Waals surface area contributed by atoms with Crippen molar-refractivity contribution in [3.05, 3.63) is 35.4 Å². The normalized spacial score (nSPS) is 28.4. The Morgan fingerprint density at radius 3 is 2.67 bits per heavy atom. The molecule has 2 aliphatic heterocycles. The quantitative estimate of drug-likeness (QED) is 0.761. The van der Waals surface area contributed by atoms with Gasteiger partial charge in [0.2, 0.25) is 10.0 Å². The van der Waals surface area contributed by atoms with Gasteiger partial charge in [0.1, 0.15) is 5.60 Å². The van der Waals surface area contributed by atoms with E-state index in [0.29, 0.717) is 51.6 Å². The molecule has 27 heavy (non-hydrogen) atoms. The van der Waals surface area contributed by atoms with Gasteiger partial charge in [0.15, 0.2) is 11.6 Å². The van der Waals surface area contributed by atoms with Crippen molar-refractivity contribution >= 4 is 10.0 Å². The molecule has 9 heteroatoms. The lowest BCUT2D eigenvalue weighted by molar-refractivity contribution is -0.139. The molecule has 2 saturated heterocycles. The number of halogens is 2. The van der Waals surface area contributed by atoms with Crippen LogP contribution in [0.3, 0.4) is 0 Å². The van der Waals surface area contributed by atoms with Crippen molar-refractivity contribution in [3.8, 4) is 0 Å². The highest BCUT2D eigenvalue weighted by Crippen LogP contribution is 2.33. The van der Waals surface area contributed by atoms with Crippen LogP contribution in [-0.2, 0) is 26.0 Å². The Morgan fingerprint density at radius 2 is 1.93 bits per heavy atom. The van der Waals surface area contributed by atoms with Crippen LogP contribution in [0.1, 0.15) is 18.4 Å². The molecule has 0 radical (unpaired) electrons. The highest BCUT2D eigenvalue weighted by Gasteiger charge is 2.47. The van der Waals surface area contributed by atoms with Gasteiger partial charge in [0, 0.05) is 32.7 Å². The molecule has 1 aromatic rings. The SMILES string of the molecule is O=S(=O)(C1CC1)N1CCOCC2(CN(Cc3ccc(F)c(F)c3)CCO2)C1. The van der Waals surface area contributed by atoms with E-state index in [1.54, 1.807) is 6.07 Å². The molecule has 1 aliphatic carbocycles. The molecule has 0 aromatic heterocycles. The number of nitrogens with zero attached hydrogens (tertiary/aromatic N) is 2. The summed E-state index contributed by atoms with van der Waals surface area (Å²) in [7, 11) is -3.31. The van der Waals surface area contributed by atoms with Gasteiger partial charge in [-0.3, -0.25) is 4.90 Å². The summed E-state index contributed by atoms with van der Waals surface area (Å²) < 4.78 is 65.2. The Hall–Kier alpha value is -1.13. The van der Waals surface area contributed by atoms with Gasteiger partial charge in [0.25, 0.3) is 0 Å². The molecule has 3 aliphatic rings. The van der Waals surface area contributed by atoms with Crippen LogP contribution in [0.15, 0.2) is 18.2 Å². The summed E-state index contributed by atoms with van der Waals surface area (Å²) in [6.07, 6.45) is 1.44. The predicted molar refractivity (Wildman–Crippen MR) is 94.7 cm³/mol. The van der Waals surface area contributed by atoms with Crippen molar-refractivity contribution in [1.29, 1.82) is 0 Å². The number of sulfonamides is 1. The van der Waals surface area contributed by atoms with Gasteiger partial charge in [0.05, 0.1) is 25.1 Å². The van der Waals surface area contributed by atoms with Crippen LogP contribution >= 0.6 is 0 Å². The maximum atomic E-state index is 13.5. The van der Waals surface area contributed by atoms with Crippen molar-refractivity contribution in [2.45, 2.75) is 30.2 Å². The van der Waals surface area contributed by atoms with Crippen LogP contribution in [0.4, 0.5) is 8.78 Å².